The molecule has 1 saturated heterocycles. The lowest BCUT2D eigenvalue weighted by atomic mass is 9.82. The van der Waals surface area contributed by atoms with Gasteiger partial charge in [-0.2, -0.15) is 0 Å². The van der Waals surface area contributed by atoms with Crippen LogP contribution >= 0.6 is 0 Å². The van der Waals surface area contributed by atoms with E-state index >= 15 is 0 Å². The zero-order valence-corrected chi connectivity index (χ0v) is 9.46. The molecule has 0 aromatic heterocycles. The number of rotatable bonds is 3. The minimum atomic E-state index is -0.643. The number of methoxy groups -OCH3 is 1. The van der Waals surface area contributed by atoms with Gasteiger partial charge in [-0.1, -0.05) is 0 Å². The summed E-state index contributed by atoms with van der Waals surface area (Å²) >= 11 is 0. The fraction of sp³-hybridized carbons (Fsp3) is 1.00. The van der Waals surface area contributed by atoms with Gasteiger partial charge in [0.2, 0.25) is 0 Å². The van der Waals surface area contributed by atoms with E-state index in [0.717, 1.165) is 0 Å². The van der Waals surface area contributed by atoms with Gasteiger partial charge in [0.15, 0.2) is 0 Å². The largest absolute Gasteiger partial charge is 0.491 e. The first-order valence-electron chi connectivity index (χ1n) is 4.78. The number of alkyl halides is 1. The van der Waals surface area contributed by atoms with Gasteiger partial charge in [-0.05, 0) is 27.7 Å². The van der Waals surface area contributed by atoms with Crippen molar-refractivity contribution in [3.63, 3.8) is 0 Å². The third kappa shape index (κ3) is 1.94. The summed E-state index contributed by atoms with van der Waals surface area (Å²) in [6, 6.07) is -0.643. The second-order valence-corrected chi connectivity index (χ2v) is 4.55. The maximum Gasteiger partial charge on any atom is 0.491 e. The van der Waals surface area contributed by atoms with Crippen LogP contribution in [0.25, 0.3) is 0 Å². The Morgan fingerprint density at radius 3 is 1.93 bits per heavy atom. The van der Waals surface area contributed by atoms with Crippen LogP contribution in [0.15, 0.2) is 0 Å². The maximum absolute atomic E-state index is 12.5. The monoisotopic (exact) mass is 204 g/mol. The molecule has 1 heterocycles. The van der Waals surface area contributed by atoms with Gasteiger partial charge in [-0.3, -0.25) is 0 Å². The van der Waals surface area contributed by atoms with E-state index in [1.54, 1.807) is 0 Å². The van der Waals surface area contributed by atoms with E-state index < -0.39 is 31.0 Å². The minimum absolute atomic E-state index is 0.427. The standard InChI is InChI=1S/C9H18BFO3/c1-8(2)9(3,4)14-10(13-8)7(6-11)12-5/h7H,6H2,1-5H3. The molecule has 1 rings (SSSR count). The van der Waals surface area contributed by atoms with Crippen LogP contribution in [0.2, 0.25) is 0 Å². The molecule has 3 nitrogen and oxygen atoms in total. The molecule has 0 aliphatic carbocycles. The molecule has 0 N–H and O–H groups in total. The molecule has 0 saturated carbocycles. The van der Waals surface area contributed by atoms with Gasteiger partial charge in [0.25, 0.3) is 0 Å². The van der Waals surface area contributed by atoms with E-state index in [0.29, 0.717) is 0 Å². The van der Waals surface area contributed by atoms with Gasteiger partial charge in [-0.15, -0.1) is 0 Å². The van der Waals surface area contributed by atoms with Crippen LogP contribution in [0.1, 0.15) is 27.7 Å². The summed E-state index contributed by atoms with van der Waals surface area (Å²) < 4.78 is 28.7. The molecule has 1 aliphatic heterocycles. The van der Waals surface area contributed by atoms with Crippen molar-refractivity contribution >= 4 is 7.12 Å². The van der Waals surface area contributed by atoms with E-state index in [1.807, 2.05) is 27.7 Å². The highest BCUT2D eigenvalue weighted by Crippen LogP contribution is 2.37. The van der Waals surface area contributed by atoms with Crippen molar-refractivity contribution in [1.82, 2.24) is 0 Å². The van der Waals surface area contributed by atoms with Gasteiger partial charge in [0.05, 0.1) is 11.2 Å². The normalized spacial score (nSPS) is 26.6. The van der Waals surface area contributed by atoms with Crippen LogP contribution in [0.4, 0.5) is 4.39 Å². The highest BCUT2D eigenvalue weighted by Gasteiger charge is 2.54. The molecular weight excluding hydrogens is 186 g/mol. The Balaban J connectivity index is 2.71. The van der Waals surface area contributed by atoms with Crippen LogP contribution < -0.4 is 0 Å². The molecule has 0 aromatic carbocycles. The summed E-state index contributed by atoms with van der Waals surface area (Å²) in [6.07, 6.45) is 0. The van der Waals surface area contributed by atoms with Crippen molar-refractivity contribution in [1.29, 1.82) is 0 Å². The predicted molar refractivity (Wildman–Crippen MR) is 52.9 cm³/mol. The van der Waals surface area contributed by atoms with E-state index in [1.165, 1.54) is 7.11 Å². The first-order valence-corrected chi connectivity index (χ1v) is 4.78. The second kappa shape index (κ2) is 3.79. The van der Waals surface area contributed by atoms with Gasteiger partial charge in [0, 0.05) is 7.11 Å². The van der Waals surface area contributed by atoms with Crippen LogP contribution in [-0.4, -0.2) is 38.1 Å². The Hall–Kier alpha value is -0.125. The Morgan fingerprint density at radius 1 is 1.21 bits per heavy atom. The van der Waals surface area contributed by atoms with E-state index in [-0.39, 0.29) is 0 Å². The average molecular weight is 204 g/mol. The zero-order chi connectivity index (χ0) is 11.0. The summed E-state index contributed by atoms with van der Waals surface area (Å²) in [7, 11) is 0.838. The average Bonchev–Trinajstić information content (AvgIpc) is 2.23. The zero-order valence-electron chi connectivity index (χ0n) is 9.46. The fourth-order valence-electron chi connectivity index (χ4n) is 1.29. The van der Waals surface area contributed by atoms with Gasteiger partial charge in [0.1, 0.15) is 12.7 Å². The lowest BCUT2D eigenvalue weighted by Crippen LogP contribution is -2.41. The first kappa shape index (κ1) is 11.9. The maximum atomic E-state index is 12.5. The number of ether oxygens (including phenoxy) is 1. The molecule has 0 bridgehead atoms. The quantitative estimate of drug-likeness (QED) is 0.653. The van der Waals surface area contributed by atoms with E-state index in [2.05, 4.69) is 0 Å². The molecule has 1 atom stereocenters. The molecule has 0 radical (unpaired) electrons. The van der Waals surface area contributed by atoms with E-state index in [4.69, 9.17) is 14.0 Å². The molecule has 0 spiro atoms. The third-order valence-electron chi connectivity index (χ3n) is 3.03. The Bertz CT molecular complexity index is 188. The molecule has 82 valence electrons. The van der Waals surface area contributed by atoms with Crippen LogP contribution in [0, 0.1) is 0 Å². The molecule has 1 fully saturated rings. The van der Waals surface area contributed by atoms with E-state index in [9.17, 15) is 4.39 Å². The molecule has 14 heavy (non-hydrogen) atoms. The summed E-state index contributed by atoms with van der Waals surface area (Å²) in [6.45, 7) is 7.11. The second-order valence-electron chi connectivity index (χ2n) is 4.55. The molecule has 1 unspecified atom stereocenters. The molecular formula is C9H18BFO3. The molecule has 5 heteroatoms. The lowest BCUT2D eigenvalue weighted by Gasteiger charge is -2.32. The Kier molecular flexibility index (Phi) is 3.24. The van der Waals surface area contributed by atoms with Crippen molar-refractivity contribution in [3.8, 4) is 0 Å². The topological polar surface area (TPSA) is 27.7 Å². The Labute approximate surface area is 85.1 Å². The number of halogens is 1. The third-order valence-corrected chi connectivity index (χ3v) is 3.03. The molecule has 1 aliphatic rings. The lowest BCUT2D eigenvalue weighted by molar-refractivity contribution is 0.00578. The number of hydrogen-bond acceptors (Lipinski definition) is 3. The van der Waals surface area contributed by atoms with Crippen LogP contribution in [0.5, 0.6) is 0 Å². The van der Waals surface area contributed by atoms with Crippen molar-refractivity contribution in [3.05, 3.63) is 0 Å². The van der Waals surface area contributed by atoms with Crippen molar-refractivity contribution in [2.24, 2.45) is 0 Å². The minimum Gasteiger partial charge on any atom is -0.401 e. The summed E-state index contributed by atoms with van der Waals surface area (Å²) in [5, 5.41) is 0. The first-order chi connectivity index (χ1) is 6.34. The summed E-state index contributed by atoms with van der Waals surface area (Å²) in [4.78, 5) is 0. The van der Waals surface area contributed by atoms with Crippen molar-refractivity contribution in [2.75, 3.05) is 13.8 Å². The van der Waals surface area contributed by atoms with Crippen LogP contribution in [-0.2, 0) is 14.0 Å². The van der Waals surface area contributed by atoms with Gasteiger partial charge >= 0.3 is 7.12 Å². The van der Waals surface area contributed by atoms with Crippen molar-refractivity contribution < 1.29 is 18.4 Å². The SMILES string of the molecule is COC(CF)B1OC(C)(C)C(C)(C)O1. The molecule has 0 aromatic rings. The smallest absolute Gasteiger partial charge is 0.401 e. The highest BCUT2D eigenvalue weighted by atomic mass is 19.1. The number of hydrogen-bond donors (Lipinski definition) is 0. The fourth-order valence-corrected chi connectivity index (χ4v) is 1.29. The van der Waals surface area contributed by atoms with Gasteiger partial charge < -0.3 is 14.0 Å². The van der Waals surface area contributed by atoms with Crippen LogP contribution in [0.3, 0.4) is 0 Å². The van der Waals surface area contributed by atoms with Gasteiger partial charge in [-0.25, -0.2) is 4.39 Å². The highest BCUT2D eigenvalue weighted by molar-refractivity contribution is 6.47. The summed E-state index contributed by atoms with van der Waals surface area (Å²) in [5.41, 5.74) is -0.854. The predicted octanol–water partition coefficient (Wildman–Crippen LogP) is 1.60. The Morgan fingerprint density at radius 2 is 1.64 bits per heavy atom. The summed E-state index contributed by atoms with van der Waals surface area (Å²) in [5.74, 6) is 0. The van der Waals surface area contributed by atoms with Crippen molar-refractivity contribution in [2.45, 2.75) is 44.9 Å². The molecule has 0 amide bonds.